The van der Waals surface area contributed by atoms with Gasteiger partial charge in [-0.15, -0.1) is 0 Å². The second-order valence-corrected chi connectivity index (χ2v) is 5.27. The van der Waals surface area contributed by atoms with Crippen molar-refractivity contribution in [3.05, 3.63) is 0 Å². The fourth-order valence-corrected chi connectivity index (χ4v) is 1.69. The van der Waals surface area contributed by atoms with Crippen molar-refractivity contribution in [3.8, 4) is 0 Å². The van der Waals surface area contributed by atoms with Gasteiger partial charge in [-0.2, -0.15) is 0 Å². The topological polar surface area (TPSA) is 78.6 Å². The molecule has 5 heteroatoms. The van der Waals surface area contributed by atoms with E-state index in [9.17, 15) is 9.59 Å². The highest BCUT2D eigenvalue weighted by atomic mass is 16.5. The van der Waals surface area contributed by atoms with E-state index in [4.69, 9.17) is 10.5 Å². The lowest BCUT2D eigenvalue weighted by Crippen LogP contribution is -2.30. The van der Waals surface area contributed by atoms with E-state index < -0.39 is 0 Å². The zero-order valence-corrected chi connectivity index (χ0v) is 12.5. The molecule has 0 amide bonds. The van der Waals surface area contributed by atoms with Crippen LogP contribution in [0.2, 0.25) is 0 Å². The number of hydrogen-bond donors (Lipinski definition) is 1. The van der Waals surface area contributed by atoms with Crippen molar-refractivity contribution in [2.24, 2.45) is 11.7 Å². The normalized spacial score (nSPS) is 14.0. The molecule has 0 rings (SSSR count). The van der Waals surface area contributed by atoms with Crippen LogP contribution < -0.4 is 5.73 Å². The Bertz CT molecular complexity index is 277. The molecule has 0 aromatic carbocycles. The summed E-state index contributed by atoms with van der Waals surface area (Å²) >= 11 is 0. The molecule has 112 valence electrons. The van der Waals surface area contributed by atoms with Crippen molar-refractivity contribution in [3.63, 3.8) is 0 Å². The van der Waals surface area contributed by atoms with Crippen molar-refractivity contribution in [1.82, 2.24) is 0 Å². The second kappa shape index (κ2) is 9.78. The van der Waals surface area contributed by atoms with E-state index in [0.29, 0.717) is 32.1 Å². The van der Waals surface area contributed by atoms with E-state index in [2.05, 4.69) is 4.74 Å². The minimum Gasteiger partial charge on any atom is -0.469 e. The summed E-state index contributed by atoms with van der Waals surface area (Å²) in [6.07, 6.45) is 2.49. The van der Waals surface area contributed by atoms with Crippen molar-refractivity contribution < 1.29 is 19.1 Å². The Labute approximate surface area is 115 Å². The molecule has 0 heterocycles. The third kappa shape index (κ3) is 9.47. The van der Waals surface area contributed by atoms with Gasteiger partial charge in [0.25, 0.3) is 0 Å². The van der Waals surface area contributed by atoms with Crippen LogP contribution in [-0.2, 0) is 19.1 Å². The van der Waals surface area contributed by atoms with Crippen LogP contribution in [0, 0.1) is 5.92 Å². The molecule has 0 saturated carbocycles. The standard InChI is InChI=1S/C14H27NO4/c1-10(2)12(9-11(3)15)19-14(17)8-6-5-7-13(16)18-4/h10-12H,5-9,15H2,1-4H3. The third-order valence-electron chi connectivity index (χ3n) is 2.87. The molecule has 0 aliphatic rings. The predicted octanol–water partition coefficient (Wildman–Crippen LogP) is 2.02. The van der Waals surface area contributed by atoms with Gasteiger partial charge in [0.05, 0.1) is 7.11 Å². The molecule has 0 bridgehead atoms. The summed E-state index contributed by atoms with van der Waals surface area (Å²) < 4.78 is 9.95. The molecule has 2 N–H and O–H groups in total. The number of carbonyl (C=O) groups is 2. The number of esters is 2. The average Bonchev–Trinajstić information content (AvgIpc) is 2.32. The monoisotopic (exact) mass is 273 g/mol. The van der Waals surface area contributed by atoms with Gasteiger partial charge in [0.2, 0.25) is 0 Å². The lowest BCUT2D eigenvalue weighted by atomic mass is 10.0. The minimum absolute atomic E-state index is 0.0134. The SMILES string of the molecule is COC(=O)CCCCC(=O)OC(CC(C)N)C(C)C. The Hall–Kier alpha value is -1.10. The highest BCUT2D eigenvalue weighted by molar-refractivity contribution is 5.70. The van der Waals surface area contributed by atoms with Crippen LogP contribution in [0.3, 0.4) is 0 Å². The van der Waals surface area contributed by atoms with Crippen molar-refractivity contribution in [1.29, 1.82) is 0 Å². The molecule has 0 radical (unpaired) electrons. The van der Waals surface area contributed by atoms with E-state index in [1.54, 1.807) is 0 Å². The summed E-state index contributed by atoms with van der Waals surface area (Å²) in [6.45, 7) is 5.93. The first kappa shape index (κ1) is 17.9. The summed E-state index contributed by atoms with van der Waals surface area (Å²) in [6, 6.07) is 0.0134. The molecular formula is C14H27NO4. The maximum atomic E-state index is 11.7. The van der Waals surface area contributed by atoms with Gasteiger partial charge in [0, 0.05) is 18.9 Å². The fourth-order valence-electron chi connectivity index (χ4n) is 1.69. The Morgan fingerprint density at radius 3 is 2.00 bits per heavy atom. The first-order chi connectivity index (χ1) is 8.86. The molecule has 2 atom stereocenters. The minimum atomic E-state index is -0.245. The van der Waals surface area contributed by atoms with Gasteiger partial charge in [0.15, 0.2) is 0 Å². The number of carbonyl (C=O) groups excluding carboxylic acids is 2. The van der Waals surface area contributed by atoms with Gasteiger partial charge >= 0.3 is 11.9 Å². The fraction of sp³-hybridized carbons (Fsp3) is 0.857. The zero-order chi connectivity index (χ0) is 14.8. The highest BCUT2D eigenvalue weighted by Gasteiger charge is 2.19. The van der Waals surface area contributed by atoms with Crippen LogP contribution >= 0.6 is 0 Å². The molecule has 0 aromatic heterocycles. The molecule has 0 fully saturated rings. The van der Waals surface area contributed by atoms with Crippen LogP contribution in [0.5, 0.6) is 0 Å². The maximum absolute atomic E-state index is 11.7. The van der Waals surface area contributed by atoms with Crippen molar-refractivity contribution >= 4 is 11.9 Å². The lowest BCUT2D eigenvalue weighted by Gasteiger charge is -2.23. The molecule has 0 aliphatic carbocycles. The second-order valence-electron chi connectivity index (χ2n) is 5.27. The first-order valence-electron chi connectivity index (χ1n) is 6.88. The highest BCUT2D eigenvalue weighted by Crippen LogP contribution is 2.14. The van der Waals surface area contributed by atoms with Gasteiger partial charge in [-0.3, -0.25) is 9.59 Å². The van der Waals surface area contributed by atoms with E-state index in [1.165, 1.54) is 7.11 Å². The largest absolute Gasteiger partial charge is 0.469 e. The summed E-state index contributed by atoms with van der Waals surface area (Å²) in [7, 11) is 1.36. The van der Waals surface area contributed by atoms with Gasteiger partial charge in [-0.1, -0.05) is 13.8 Å². The lowest BCUT2D eigenvalue weighted by molar-refractivity contribution is -0.152. The first-order valence-corrected chi connectivity index (χ1v) is 6.88. The van der Waals surface area contributed by atoms with Crippen LogP contribution in [0.1, 0.15) is 52.9 Å². The Morgan fingerprint density at radius 2 is 1.58 bits per heavy atom. The van der Waals surface area contributed by atoms with E-state index >= 15 is 0 Å². The van der Waals surface area contributed by atoms with Crippen LogP contribution in [0.4, 0.5) is 0 Å². The van der Waals surface area contributed by atoms with Crippen LogP contribution in [0.15, 0.2) is 0 Å². The Balaban J connectivity index is 3.90. The molecule has 5 nitrogen and oxygen atoms in total. The predicted molar refractivity (Wildman–Crippen MR) is 73.5 cm³/mol. The number of hydrogen-bond acceptors (Lipinski definition) is 5. The summed E-state index contributed by atoms with van der Waals surface area (Å²) in [4.78, 5) is 22.6. The van der Waals surface area contributed by atoms with Gasteiger partial charge < -0.3 is 15.2 Å². The quantitative estimate of drug-likeness (QED) is 0.513. The molecule has 2 unspecified atom stereocenters. The molecule has 0 saturated heterocycles. The van der Waals surface area contributed by atoms with E-state index in [-0.39, 0.29) is 30.0 Å². The maximum Gasteiger partial charge on any atom is 0.306 e. The Morgan fingerprint density at radius 1 is 1.05 bits per heavy atom. The average molecular weight is 273 g/mol. The Kier molecular flexibility index (Phi) is 9.21. The third-order valence-corrected chi connectivity index (χ3v) is 2.87. The summed E-state index contributed by atoms with van der Waals surface area (Å²) in [5.41, 5.74) is 5.73. The molecule has 0 spiro atoms. The molecule has 0 aliphatic heterocycles. The van der Waals surface area contributed by atoms with E-state index in [1.807, 2.05) is 20.8 Å². The smallest absolute Gasteiger partial charge is 0.306 e. The number of rotatable bonds is 9. The van der Waals surface area contributed by atoms with Gasteiger partial charge in [0.1, 0.15) is 6.10 Å². The van der Waals surface area contributed by atoms with Crippen molar-refractivity contribution in [2.75, 3.05) is 7.11 Å². The summed E-state index contributed by atoms with van der Waals surface area (Å²) in [5.74, 6) is -0.209. The van der Waals surface area contributed by atoms with Crippen molar-refractivity contribution in [2.45, 2.75) is 65.0 Å². The van der Waals surface area contributed by atoms with Crippen LogP contribution in [0.25, 0.3) is 0 Å². The van der Waals surface area contributed by atoms with E-state index in [0.717, 1.165) is 0 Å². The number of ether oxygens (including phenoxy) is 2. The molecular weight excluding hydrogens is 246 g/mol. The van der Waals surface area contributed by atoms with Gasteiger partial charge in [-0.25, -0.2) is 0 Å². The molecule has 0 aromatic rings. The number of nitrogens with two attached hydrogens (primary N) is 1. The molecule has 19 heavy (non-hydrogen) atoms. The summed E-state index contributed by atoms with van der Waals surface area (Å²) in [5, 5.41) is 0. The number of unbranched alkanes of at least 4 members (excludes halogenated alkanes) is 1. The zero-order valence-electron chi connectivity index (χ0n) is 12.5. The van der Waals surface area contributed by atoms with Crippen LogP contribution in [-0.4, -0.2) is 31.2 Å². The van der Waals surface area contributed by atoms with Gasteiger partial charge in [-0.05, 0) is 32.1 Å². The number of methoxy groups -OCH3 is 1.